The van der Waals surface area contributed by atoms with Crippen LogP contribution >= 0.6 is 0 Å². The number of hydrogen-bond donors (Lipinski definition) is 2. The molecule has 2 atom stereocenters. The van der Waals surface area contributed by atoms with Gasteiger partial charge in [0, 0.05) is 32.2 Å². The van der Waals surface area contributed by atoms with Gasteiger partial charge in [-0.2, -0.15) is 0 Å². The van der Waals surface area contributed by atoms with E-state index in [0.717, 1.165) is 38.5 Å². The molecule has 3 heteroatoms. The van der Waals surface area contributed by atoms with Crippen LogP contribution in [0.4, 0.5) is 0 Å². The Hall–Kier alpha value is -0.120. The summed E-state index contributed by atoms with van der Waals surface area (Å²) in [4.78, 5) is 2.47. The monoisotopic (exact) mass is 214 g/mol. The van der Waals surface area contributed by atoms with E-state index < -0.39 is 0 Å². The highest BCUT2D eigenvalue weighted by molar-refractivity contribution is 4.79. The molecular weight excluding hydrogens is 188 g/mol. The molecule has 0 aliphatic carbocycles. The highest BCUT2D eigenvalue weighted by Crippen LogP contribution is 2.10. The first-order valence-electron chi connectivity index (χ1n) is 6.21. The first-order valence-corrected chi connectivity index (χ1v) is 6.21. The zero-order valence-corrected chi connectivity index (χ0v) is 10.4. The van der Waals surface area contributed by atoms with E-state index in [1.54, 1.807) is 0 Å². The third kappa shape index (κ3) is 5.50. The van der Waals surface area contributed by atoms with Crippen molar-refractivity contribution >= 4 is 0 Å². The van der Waals surface area contributed by atoms with Crippen LogP contribution in [0, 0.1) is 5.92 Å². The van der Waals surface area contributed by atoms with Crippen LogP contribution in [0.15, 0.2) is 0 Å². The number of piperazine rings is 1. The van der Waals surface area contributed by atoms with Gasteiger partial charge < -0.3 is 15.3 Å². The second-order valence-electron chi connectivity index (χ2n) is 5.22. The van der Waals surface area contributed by atoms with Gasteiger partial charge in [-0.25, -0.2) is 0 Å². The number of aliphatic hydroxyl groups excluding tert-OH is 1. The Bertz CT molecular complexity index is 171. The molecule has 0 aromatic carbocycles. The summed E-state index contributed by atoms with van der Waals surface area (Å²) < 4.78 is 0. The van der Waals surface area contributed by atoms with Crippen LogP contribution in [0.25, 0.3) is 0 Å². The van der Waals surface area contributed by atoms with E-state index in [9.17, 15) is 5.11 Å². The standard InChI is InChI=1S/C12H26N2O/c1-10(2)8-12-9-14(7-5-13-12)6-4-11(3)15/h10-13,15H,4-9H2,1-3H3. The second kappa shape index (κ2) is 6.46. The van der Waals surface area contributed by atoms with Gasteiger partial charge in [0.15, 0.2) is 0 Å². The molecule has 1 rings (SSSR count). The lowest BCUT2D eigenvalue weighted by Crippen LogP contribution is -2.51. The minimum atomic E-state index is -0.163. The first kappa shape index (κ1) is 12.9. The van der Waals surface area contributed by atoms with Gasteiger partial charge >= 0.3 is 0 Å². The van der Waals surface area contributed by atoms with Crippen LogP contribution in [0.1, 0.15) is 33.6 Å². The molecule has 2 N–H and O–H groups in total. The van der Waals surface area contributed by atoms with Gasteiger partial charge in [0.1, 0.15) is 0 Å². The molecule has 0 aromatic rings. The van der Waals surface area contributed by atoms with E-state index in [0.29, 0.717) is 6.04 Å². The summed E-state index contributed by atoms with van der Waals surface area (Å²) in [6, 6.07) is 0.646. The fourth-order valence-corrected chi connectivity index (χ4v) is 2.19. The summed E-state index contributed by atoms with van der Waals surface area (Å²) in [6.45, 7) is 10.8. The van der Waals surface area contributed by atoms with Crippen molar-refractivity contribution in [2.24, 2.45) is 5.92 Å². The molecule has 1 heterocycles. The lowest BCUT2D eigenvalue weighted by Gasteiger charge is -2.34. The van der Waals surface area contributed by atoms with Crippen LogP contribution in [-0.2, 0) is 0 Å². The first-order chi connectivity index (χ1) is 7.08. The second-order valence-corrected chi connectivity index (χ2v) is 5.22. The molecule has 0 aromatic heterocycles. The highest BCUT2D eigenvalue weighted by Gasteiger charge is 2.19. The van der Waals surface area contributed by atoms with Crippen LogP contribution in [0.5, 0.6) is 0 Å². The van der Waals surface area contributed by atoms with Crippen molar-refractivity contribution in [3.8, 4) is 0 Å². The molecule has 2 unspecified atom stereocenters. The molecule has 0 saturated carbocycles. The molecule has 1 aliphatic rings. The summed E-state index contributed by atoms with van der Waals surface area (Å²) in [5.41, 5.74) is 0. The molecule has 1 saturated heterocycles. The van der Waals surface area contributed by atoms with Gasteiger partial charge in [-0.1, -0.05) is 13.8 Å². The Morgan fingerprint density at radius 3 is 2.73 bits per heavy atom. The summed E-state index contributed by atoms with van der Waals surface area (Å²) in [5.74, 6) is 0.763. The maximum Gasteiger partial charge on any atom is 0.0524 e. The fourth-order valence-electron chi connectivity index (χ4n) is 2.19. The molecule has 1 aliphatic heterocycles. The largest absolute Gasteiger partial charge is 0.393 e. The lowest BCUT2D eigenvalue weighted by atomic mass is 10.0. The van der Waals surface area contributed by atoms with E-state index >= 15 is 0 Å². The van der Waals surface area contributed by atoms with Crippen LogP contribution in [-0.4, -0.2) is 48.3 Å². The van der Waals surface area contributed by atoms with Crippen molar-refractivity contribution in [1.29, 1.82) is 0 Å². The van der Waals surface area contributed by atoms with Gasteiger partial charge in [0.2, 0.25) is 0 Å². The number of nitrogens with zero attached hydrogens (tertiary/aromatic N) is 1. The van der Waals surface area contributed by atoms with Gasteiger partial charge in [-0.15, -0.1) is 0 Å². The molecule has 0 spiro atoms. The predicted molar refractivity (Wildman–Crippen MR) is 64.0 cm³/mol. The summed E-state index contributed by atoms with van der Waals surface area (Å²) in [6.07, 6.45) is 1.99. The molecule has 0 radical (unpaired) electrons. The van der Waals surface area contributed by atoms with Gasteiger partial charge in [-0.05, 0) is 25.7 Å². The Labute approximate surface area is 93.9 Å². The van der Waals surface area contributed by atoms with Crippen molar-refractivity contribution in [1.82, 2.24) is 10.2 Å². The van der Waals surface area contributed by atoms with E-state index in [-0.39, 0.29) is 6.10 Å². The van der Waals surface area contributed by atoms with Crippen molar-refractivity contribution in [2.45, 2.75) is 45.8 Å². The van der Waals surface area contributed by atoms with Gasteiger partial charge in [0.05, 0.1) is 6.10 Å². The SMILES string of the molecule is CC(C)CC1CN(CCC(C)O)CCN1. The van der Waals surface area contributed by atoms with Crippen molar-refractivity contribution in [2.75, 3.05) is 26.2 Å². The zero-order valence-electron chi connectivity index (χ0n) is 10.4. The maximum absolute atomic E-state index is 9.25. The zero-order chi connectivity index (χ0) is 11.3. The summed E-state index contributed by atoms with van der Waals surface area (Å²) in [7, 11) is 0. The van der Waals surface area contributed by atoms with Gasteiger partial charge in [0.25, 0.3) is 0 Å². The highest BCUT2D eigenvalue weighted by atomic mass is 16.3. The average Bonchev–Trinajstić information content (AvgIpc) is 2.14. The topological polar surface area (TPSA) is 35.5 Å². The van der Waals surface area contributed by atoms with E-state index in [2.05, 4.69) is 24.1 Å². The number of aliphatic hydroxyl groups is 1. The van der Waals surface area contributed by atoms with Gasteiger partial charge in [-0.3, -0.25) is 0 Å². The number of hydrogen-bond acceptors (Lipinski definition) is 3. The van der Waals surface area contributed by atoms with Crippen LogP contribution < -0.4 is 5.32 Å². The van der Waals surface area contributed by atoms with E-state index in [1.807, 2.05) is 6.92 Å². The Balaban J connectivity index is 2.23. The Kier molecular flexibility index (Phi) is 5.58. The number of nitrogens with one attached hydrogen (secondary N) is 1. The molecule has 90 valence electrons. The predicted octanol–water partition coefficient (Wildman–Crippen LogP) is 1.08. The number of rotatable bonds is 5. The fraction of sp³-hybridized carbons (Fsp3) is 1.00. The molecule has 3 nitrogen and oxygen atoms in total. The van der Waals surface area contributed by atoms with Crippen molar-refractivity contribution in [3.63, 3.8) is 0 Å². The van der Waals surface area contributed by atoms with E-state index in [4.69, 9.17) is 0 Å². The maximum atomic E-state index is 9.25. The minimum Gasteiger partial charge on any atom is -0.393 e. The quantitative estimate of drug-likeness (QED) is 0.719. The smallest absolute Gasteiger partial charge is 0.0524 e. The third-order valence-corrected chi connectivity index (χ3v) is 2.96. The lowest BCUT2D eigenvalue weighted by molar-refractivity contribution is 0.134. The Morgan fingerprint density at radius 2 is 2.13 bits per heavy atom. The third-order valence-electron chi connectivity index (χ3n) is 2.96. The molecular formula is C12H26N2O. The van der Waals surface area contributed by atoms with Crippen molar-refractivity contribution in [3.05, 3.63) is 0 Å². The minimum absolute atomic E-state index is 0.163. The summed E-state index contributed by atoms with van der Waals surface area (Å²) >= 11 is 0. The molecule has 1 fully saturated rings. The molecule has 15 heavy (non-hydrogen) atoms. The average molecular weight is 214 g/mol. The molecule has 0 bridgehead atoms. The van der Waals surface area contributed by atoms with Crippen molar-refractivity contribution < 1.29 is 5.11 Å². The normalized spacial score (nSPS) is 25.8. The van der Waals surface area contributed by atoms with Crippen LogP contribution in [0.3, 0.4) is 0 Å². The Morgan fingerprint density at radius 1 is 1.40 bits per heavy atom. The van der Waals surface area contributed by atoms with E-state index in [1.165, 1.54) is 6.42 Å². The van der Waals surface area contributed by atoms with Crippen LogP contribution in [0.2, 0.25) is 0 Å². The molecule has 0 amide bonds. The summed E-state index contributed by atoms with van der Waals surface area (Å²) in [5, 5.41) is 12.8.